The molecular weight excluding hydrogens is 230 g/mol. The molecule has 100 valence electrons. The average molecular weight is 251 g/mol. The van der Waals surface area contributed by atoms with E-state index >= 15 is 0 Å². The number of amides is 1. The van der Waals surface area contributed by atoms with Crippen molar-refractivity contribution in [1.82, 2.24) is 5.32 Å². The Morgan fingerprint density at radius 2 is 1.94 bits per heavy atom. The molecule has 4 heteroatoms. The van der Waals surface area contributed by atoms with Gasteiger partial charge >= 0.3 is 0 Å². The maximum atomic E-state index is 11.7. The first-order valence-corrected chi connectivity index (χ1v) is 6.18. The van der Waals surface area contributed by atoms with Crippen molar-refractivity contribution in [1.29, 1.82) is 0 Å². The zero-order valence-electron chi connectivity index (χ0n) is 11.1. The topological polar surface area (TPSA) is 58.6 Å². The summed E-state index contributed by atoms with van der Waals surface area (Å²) in [5.74, 6) is 0.509. The molecule has 2 N–H and O–H groups in total. The smallest absolute Gasteiger partial charge is 0.260 e. The van der Waals surface area contributed by atoms with E-state index < -0.39 is 12.2 Å². The van der Waals surface area contributed by atoms with Gasteiger partial charge in [0.15, 0.2) is 6.10 Å². The van der Waals surface area contributed by atoms with Gasteiger partial charge in [0.05, 0.1) is 6.10 Å². The fourth-order valence-corrected chi connectivity index (χ4v) is 1.42. The highest BCUT2D eigenvalue weighted by Gasteiger charge is 2.13. The minimum Gasteiger partial charge on any atom is -0.481 e. The molecule has 2 unspecified atom stereocenters. The summed E-state index contributed by atoms with van der Waals surface area (Å²) in [7, 11) is 0. The molecule has 1 aromatic carbocycles. The highest BCUT2D eigenvalue weighted by molar-refractivity contribution is 5.80. The van der Waals surface area contributed by atoms with Crippen LogP contribution in [0.1, 0.15) is 25.8 Å². The number of rotatable bonds is 6. The highest BCUT2D eigenvalue weighted by Crippen LogP contribution is 2.13. The zero-order valence-corrected chi connectivity index (χ0v) is 11.1. The molecule has 1 amide bonds. The summed E-state index contributed by atoms with van der Waals surface area (Å²) in [6.45, 7) is 5.85. The predicted molar refractivity (Wildman–Crippen MR) is 70.6 cm³/mol. The highest BCUT2D eigenvalue weighted by atomic mass is 16.5. The van der Waals surface area contributed by atoms with Crippen molar-refractivity contribution in [2.45, 2.75) is 39.4 Å². The summed E-state index contributed by atoms with van der Waals surface area (Å²) in [5, 5.41) is 11.8. The minimum atomic E-state index is -0.540. The Hall–Kier alpha value is -1.55. The van der Waals surface area contributed by atoms with Crippen LogP contribution in [0.4, 0.5) is 0 Å². The van der Waals surface area contributed by atoms with Gasteiger partial charge in [0.1, 0.15) is 5.75 Å². The van der Waals surface area contributed by atoms with E-state index in [0.29, 0.717) is 18.7 Å². The van der Waals surface area contributed by atoms with Crippen LogP contribution in [0.3, 0.4) is 0 Å². The summed E-state index contributed by atoms with van der Waals surface area (Å²) >= 11 is 0. The van der Waals surface area contributed by atoms with Gasteiger partial charge in [-0.1, -0.05) is 17.7 Å². The fraction of sp³-hybridized carbons (Fsp3) is 0.500. The SMILES string of the molecule is Cc1ccc(OC(C)C(=O)NCCC(C)O)cc1. The lowest BCUT2D eigenvalue weighted by Crippen LogP contribution is -2.37. The Morgan fingerprint density at radius 1 is 1.33 bits per heavy atom. The summed E-state index contributed by atoms with van der Waals surface area (Å²) in [4.78, 5) is 11.7. The summed E-state index contributed by atoms with van der Waals surface area (Å²) in [6.07, 6.45) is -0.400. The van der Waals surface area contributed by atoms with Crippen LogP contribution in [-0.2, 0) is 4.79 Å². The van der Waals surface area contributed by atoms with E-state index in [2.05, 4.69) is 5.32 Å². The lowest BCUT2D eigenvalue weighted by Gasteiger charge is -2.15. The van der Waals surface area contributed by atoms with Crippen LogP contribution in [0.15, 0.2) is 24.3 Å². The van der Waals surface area contributed by atoms with Gasteiger partial charge in [-0.3, -0.25) is 4.79 Å². The third-order valence-electron chi connectivity index (χ3n) is 2.56. The Labute approximate surface area is 108 Å². The average Bonchev–Trinajstić information content (AvgIpc) is 2.31. The van der Waals surface area contributed by atoms with Crippen LogP contribution in [0, 0.1) is 6.92 Å². The Bertz CT molecular complexity index is 373. The van der Waals surface area contributed by atoms with Crippen molar-refractivity contribution in [3.63, 3.8) is 0 Å². The van der Waals surface area contributed by atoms with Crippen LogP contribution in [0.25, 0.3) is 0 Å². The van der Waals surface area contributed by atoms with Gasteiger partial charge < -0.3 is 15.2 Å². The van der Waals surface area contributed by atoms with E-state index in [9.17, 15) is 4.79 Å². The molecule has 0 aromatic heterocycles. The number of hydrogen-bond acceptors (Lipinski definition) is 3. The number of nitrogens with one attached hydrogen (secondary N) is 1. The van der Waals surface area contributed by atoms with E-state index in [1.165, 1.54) is 0 Å². The molecule has 0 saturated carbocycles. The molecule has 0 radical (unpaired) electrons. The van der Waals surface area contributed by atoms with Crippen LogP contribution < -0.4 is 10.1 Å². The lowest BCUT2D eigenvalue weighted by molar-refractivity contribution is -0.127. The number of aliphatic hydroxyl groups excluding tert-OH is 1. The van der Waals surface area contributed by atoms with Crippen LogP contribution in [-0.4, -0.2) is 29.8 Å². The lowest BCUT2D eigenvalue weighted by atomic mass is 10.2. The number of aryl methyl sites for hydroxylation is 1. The van der Waals surface area contributed by atoms with Gasteiger partial charge in [-0.2, -0.15) is 0 Å². The number of aliphatic hydroxyl groups is 1. The standard InChI is InChI=1S/C14H21NO3/c1-10-4-6-13(7-5-10)18-12(3)14(17)15-9-8-11(2)16/h4-7,11-12,16H,8-9H2,1-3H3,(H,15,17). The van der Waals surface area contributed by atoms with Crippen LogP contribution in [0.5, 0.6) is 5.75 Å². The molecule has 0 aliphatic heterocycles. The molecule has 0 aliphatic carbocycles. The predicted octanol–water partition coefficient (Wildman–Crippen LogP) is 1.65. The fourth-order valence-electron chi connectivity index (χ4n) is 1.42. The van der Waals surface area contributed by atoms with Gasteiger partial charge in [-0.25, -0.2) is 0 Å². The maximum Gasteiger partial charge on any atom is 0.260 e. The first kappa shape index (κ1) is 14.5. The quantitative estimate of drug-likeness (QED) is 0.808. The van der Waals surface area contributed by atoms with E-state index in [-0.39, 0.29) is 5.91 Å². The summed E-state index contributed by atoms with van der Waals surface area (Å²) in [5.41, 5.74) is 1.15. The van der Waals surface area contributed by atoms with Crippen molar-refractivity contribution < 1.29 is 14.6 Å². The third-order valence-corrected chi connectivity index (χ3v) is 2.56. The van der Waals surface area contributed by atoms with E-state index in [4.69, 9.17) is 9.84 Å². The van der Waals surface area contributed by atoms with Crippen LogP contribution >= 0.6 is 0 Å². The second kappa shape index (κ2) is 7.01. The molecule has 18 heavy (non-hydrogen) atoms. The zero-order chi connectivity index (χ0) is 13.5. The van der Waals surface area contributed by atoms with E-state index in [1.54, 1.807) is 13.8 Å². The van der Waals surface area contributed by atoms with Crippen molar-refractivity contribution in [3.05, 3.63) is 29.8 Å². The largest absolute Gasteiger partial charge is 0.481 e. The van der Waals surface area contributed by atoms with Crippen molar-refractivity contribution >= 4 is 5.91 Å². The molecule has 0 saturated heterocycles. The van der Waals surface area contributed by atoms with Crippen molar-refractivity contribution in [2.24, 2.45) is 0 Å². The summed E-state index contributed by atoms with van der Waals surface area (Å²) in [6, 6.07) is 7.56. The number of hydrogen-bond donors (Lipinski definition) is 2. The van der Waals surface area contributed by atoms with Gasteiger partial charge in [0.25, 0.3) is 5.91 Å². The Balaban J connectivity index is 2.37. The van der Waals surface area contributed by atoms with E-state index in [0.717, 1.165) is 5.56 Å². The summed E-state index contributed by atoms with van der Waals surface area (Å²) < 4.78 is 5.51. The second-order valence-electron chi connectivity index (χ2n) is 4.50. The number of ether oxygens (including phenoxy) is 1. The Morgan fingerprint density at radius 3 is 2.50 bits per heavy atom. The first-order chi connectivity index (χ1) is 8.49. The first-order valence-electron chi connectivity index (χ1n) is 6.18. The molecule has 0 bridgehead atoms. The monoisotopic (exact) mass is 251 g/mol. The molecule has 0 fully saturated rings. The molecule has 1 rings (SSSR count). The van der Waals surface area contributed by atoms with Crippen molar-refractivity contribution in [3.8, 4) is 5.75 Å². The van der Waals surface area contributed by atoms with Gasteiger partial charge in [0, 0.05) is 6.54 Å². The second-order valence-corrected chi connectivity index (χ2v) is 4.50. The maximum absolute atomic E-state index is 11.7. The Kier molecular flexibility index (Phi) is 5.65. The number of carbonyl (C=O) groups is 1. The molecule has 0 spiro atoms. The van der Waals surface area contributed by atoms with Gasteiger partial charge in [0.2, 0.25) is 0 Å². The third kappa shape index (κ3) is 5.19. The van der Waals surface area contributed by atoms with Crippen LogP contribution in [0.2, 0.25) is 0 Å². The van der Waals surface area contributed by atoms with Gasteiger partial charge in [-0.05, 0) is 39.3 Å². The molecule has 0 aliphatic rings. The molecule has 1 aromatic rings. The number of carbonyl (C=O) groups excluding carboxylic acids is 1. The molecular formula is C14H21NO3. The number of benzene rings is 1. The van der Waals surface area contributed by atoms with Gasteiger partial charge in [-0.15, -0.1) is 0 Å². The molecule has 2 atom stereocenters. The molecule has 0 heterocycles. The van der Waals surface area contributed by atoms with Crippen molar-refractivity contribution in [2.75, 3.05) is 6.54 Å². The normalized spacial score (nSPS) is 13.8. The van der Waals surface area contributed by atoms with E-state index in [1.807, 2.05) is 31.2 Å². The molecule has 4 nitrogen and oxygen atoms in total. The minimum absolute atomic E-state index is 0.170.